The third-order valence-electron chi connectivity index (χ3n) is 3.49. The van der Waals surface area contributed by atoms with Crippen molar-refractivity contribution in [2.45, 2.75) is 19.8 Å². The number of morpholine rings is 1. The Hall–Kier alpha value is -1.10. The molecule has 0 aromatic heterocycles. The molecule has 1 aromatic rings. The van der Waals surface area contributed by atoms with Gasteiger partial charge in [0.05, 0.1) is 25.4 Å². The molecule has 1 aliphatic heterocycles. The van der Waals surface area contributed by atoms with Gasteiger partial charge < -0.3 is 9.47 Å². The lowest BCUT2D eigenvalue weighted by molar-refractivity contribution is 0.0357. The number of ether oxygens (including phenoxy) is 2. The summed E-state index contributed by atoms with van der Waals surface area (Å²) in [6.07, 6.45) is 1.48. The van der Waals surface area contributed by atoms with Crippen LogP contribution in [0.15, 0.2) is 24.3 Å². The number of nitrogens with zero attached hydrogens (tertiary/aromatic N) is 1. The zero-order valence-corrected chi connectivity index (χ0v) is 13.4. The second-order valence-corrected chi connectivity index (χ2v) is 4.93. The van der Waals surface area contributed by atoms with Gasteiger partial charge in [0.2, 0.25) is 0 Å². The van der Waals surface area contributed by atoms with E-state index in [0.717, 1.165) is 39.3 Å². The molecule has 1 heterocycles. The lowest BCUT2D eigenvalue weighted by Gasteiger charge is -2.26. The molecule has 0 aliphatic carbocycles. The average molecular weight is 314 g/mol. The Labute approximate surface area is 132 Å². The lowest BCUT2D eigenvalue weighted by Crippen LogP contribution is -2.37. The number of benzene rings is 1. The second-order valence-electron chi connectivity index (χ2n) is 4.93. The minimum Gasteiger partial charge on any atom is -0.493 e. The molecule has 0 radical (unpaired) electrons. The Kier molecular flexibility index (Phi) is 8.35. The highest BCUT2D eigenvalue weighted by Crippen LogP contribution is 2.19. The Bertz CT molecular complexity index is 433. The number of hydrogen-bond donors (Lipinski definition) is 0. The first-order valence-electron chi connectivity index (χ1n) is 7.36. The van der Waals surface area contributed by atoms with Crippen molar-refractivity contribution in [2.24, 2.45) is 0 Å². The lowest BCUT2D eigenvalue weighted by atomic mass is 10.1. The van der Waals surface area contributed by atoms with Crippen LogP contribution in [0, 0.1) is 0 Å². The van der Waals surface area contributed by atoms with Crippen LogP contribution in [0.2, 0.25) is 0 Å². The molecule has 0 unspecified atom stereocenters. The van der Waals surface area contributed by atoms with Crippen LogP contribution in [0.3, 0.4) is 0 Å². The molecule has 1 aromatic carbocycles. The van der Waals surface area contributed by atoms with E-state index in [-0.39, 0.29) is 18.2 Å². The number of carbonyl (C=O) groups is 1. The zero-order chi connectivity index (χ0) is 14.2. The summed E-state index contributed by atoms with van der Waals surface area (Å²) in [6.45, 7) is 7.20. The second kappa shape index (κ2) is 9.77. The summed E-state index contributed by atoms with van der Waals surface area (Å²) in [4.78, 5) is 14.2. The molecule has 21 heavy (non-hydrogen) atoms. The molecule has 0 saturated carbocycles. The molecule has 5 heteroatoms. The van der Waals surface area contributed by atoms with E-state index in [0.29, 0.717) is 24.3 Å². The van der Waals surface area contributed by atoms with Crippen LogP contribution in [-0.2, 0) is 4.74 Å². The van der Waals surface area contributed by atoms with Gasteiger partial charge in [0, 0.05) is 26.1 Å². The monoisotopic (exact) mass is 313 g/mol. The summed E-state index contributed by atoms with van der Waals surface area (Å²) in [7, 11) is 0. The molecule has 118 valence electrons. The quantitative estimate of drug-likeness (QED) is 0.573. The summed E-state index contributed by atoms with van der Waals surface area (Å²) in [5.74, 6) is 0.843. The predicted molar refractivity (Wildman–Crippen MR) is 85.7 cm³/mol. The summed E-state index contributed by atoms with van der Waals surface area (Å²) in [6, 6.07) is 7.49. The van der Waals surface area contributed by atoms with Gasteiger partial charge in [-0.3, -0.25) is 9.69 Å². The van der Waals surface area contributed by atoms with Crippen molar-refractivity contribution in [1.29, 1.82) is 0 Å². The fourth-order valence-electron chi connectivity index (χ4n) is 2.31. The van der Waals surface area contributed by atoms with Gasteiger partial charge in [-0.25, -0.2) is 0 Å². The van der Waals surface area contributed by atoms with E-state index in [2.05, 4.69) is 4.90 Å². The SMILES string of the molecule is CCC(=O)c1ccccc1OCCCN1CCOCC1.Cl. The van der Waals surface area contributed by atoms with Gasteiger partial charge >= 0.3 is 0 Å². The van der Waals surface area contributed by atoms with E-state index in [9.17, 15) is 4.79 Å². The van der Waals surface area contributed by atoms with Gasteiger partial charge in [0.1, 0.15) is 5.75 Å². The van der Waals surface area contributed by atoms with Gasteiger partial charge in [-0.1, -0.05) is 19.1 Å². The van der Waals surface area contributed by atoms with Crippen molar-refractivity contribution >= 4 is 18.2 Å². The molecule has 2 rings (SSSR count). The van der Waals surface area contributed by atoms with Crippen molar-refractivity contribution in [1.82, 2.24) is 4.90 Å². The molecule has 0 spiro atoms. The highest BCUT2D eigenvalue weighted by Gasteiger charge is 2.11. The number of Topliss-reactive ketones (excluding diaryl/α,β-unsaturated/α-hetero) is 1. The largest absolute Gasteiger partial charge is 0.493 e. The van der Waals surface area contributed by atoms with Crippen LogP contribution in [-0.4, -0.2) is 50.1 Å². The highest BCUT2D eigenvalue weighted by atomic mass is 35.5. The van der Waals surface area contributed by atoms with E-state index in [1.165, 1.54) is 0 Å². The smallest absolute Gasteiger partial charge is 0.166 e. The first kappa shape index (κ1) is 18.0. The number of halogens is 1. The van der Waals surface area contributed by atoms with Gasteiger partial charge in [-0.15, -0.1) is 12.4 Å². The Morgan fingerprint density at radius 3 is 2.71 bits per heavy atom. The summed E-state index contributed by atoms with van der Waals surface area (Å²) < 4.78 is 11.1. The number of ketones is 1. The molecule has 1 fully saturated rings. The molecule has 0 atom stereocenters. The summed E-state index contributed by atoms with van der Waals surface area (Å²) in [5, 5.41) is 0. The van der Waals surface area contributed by atoms with Gasteiger partial charge in [-0.05, 0) is 18.6 Å². The highest BCUT2D eigenvalue weighted by molar-refractivity contribution is 5.98. The third kappa shape index (κ3) is 5.65. The molecular formula is C16H24ClNO3. The summed E-state index contributed by atoms with van der Waals surface area (Å²) in [5.41, 5.74) is 0.696. The van der Waals surface area contributed by atoms with Crippen LogP contribution in [0.5, 0.6) is 5.75 Å². The first-order chi connectivity index (χ1) is 9.81. The standard InChI is InChI=1S/C16H23NO3.ClH/c1-2-15(18)14-6-3-4-7-16(14)20-11-5-8-17-9-12-19-13-10-17;/h3-4,6-7H,2,5,8-13H2,1H3;1H. The predicted octanol–water partition coefficient (Wildman–Crippen LogP) is 2.80. The van der Waals surface area contributed by atoms with Crippen molar-refractivity contribution in [3.8, 4) is 5.75 Å². The van der Waals surface area contributed by atoms with Gasteiger partial charge in [0.15, 0.2) is 5.78 Å². The summed E-state index contributed by atoms with van der Waals surface area (Å²) >= 11 is 0. The molecule has 1 saturated heterocycles. The van der Waals surface area contributed by atoms with Gasteiger partial charge in [0.25, 0.3) is 0 Å². The maximum atomic E-state index is 11.8. The van der Waals surface area contributed by atoms with Crippen molar-refractivity contribution in [3.05, 3.63) is 29.8 Å². The van der Waals surface area contributed by atoms with E-state index in [4.69, 9.17) is 9.47 Å². The number of carbonyl (C=O) groups excluding carboxylic acids is 1. The molecular weight excluding hydrogens is 290 g/mol. The zero-order valence-electron chi connectivity index (χ0n) is 12.5. The maximum Gasteiger partial charge on any atom is 0.166 e. The van der Waals surface area contributed by atoms with Crippen LogP contribution in [0.4, 0.5) is 0 Å². The molecule has 0 bridgehead atoms. The molecule has 0 N–H and O–H groups in total. The van der Waals surface area contributed by atoms with Crippen LogP contribution >= 0.6 is 12.4 Å². The minimum absolute atomic E-state index is 0. The topological polar surface area (TPSA) is 38.8 Å². The third-order valence-corrected chi connectivity index (χ3v) is 3.49. The van der Waals surface area contributed by atoms with Crippen molar-refractivity contribution in [3.63, 3.8) is 0 Å². The van der Waals surface area contributed by atoms with E-state index in [1.54, 1.807) is 0 Å². The molecule has 0 amide bonds. The fourth-order valence-corrected chi connectivity index (χ4v) is 2.31. The van der Waals surface area contributed by atoms with E-state index in [1.807, 2.05) is 31.2 Å². The van der Waals surface area contributed by atoms with Crippen LogP contribution in [0.1, 0.15) is 30.1 Å². The fraction of sp³-hybridized carbons (Fsp3) is 0.562. The maximum absolute atomic E-state index is 11.8. The average Bonchev–Trinajstić information content (AvgIpc) is 2.52. The normalized spacial score (nSPS) is 15.3. The van der Waals surface area contributed by atoms with E-state index < -0.39 is 0 Å². The first-order valence-corrected chi connectivity index (χ1v) is 7.36. The number of para-hydroxylation sites is 1. The van der Waals surface area contributed by atoms with Crippen LogP contribution in [0.25, 0.3) is 0 Å². The Morgan fingerprint density at radius 2 is 2.00 bits per heavy atom. The van der Waals surface area contributed by atoms with E-state index >= 15 is 0 Å². The minimum atomic E-state index is 0. The van der Waals surface area contributed by atoms with Gasteiger partial charge in [-0.2, -0.15) is 0 Å². The Morgan fingerprint density at radius 1 is 1.29 bits per heavy atom. The van der Waals surface area contributed by atoms with Crippen molar-refractivity contribution < 1.29 is 14.3 Å². The molecule has 4 nitrogen and oxygen atoms in total. The number of rotatable bonds is 7. The van der Waals surface area contributed by atoms with Crippen LogP contribution < -0.4 is 4.74 Å². The number of hydrogen-bond acceptors (Lipinski definition) is 4. The van der Waals surface area contributed by atoms with Crippen molar-refractivity contribution in [2.75, 3.05) is 39.5 Å². The molecule has 1 aliphatic rings. The Balaban J connectivity index is 0.00000220.